The molecule has 1 saturated heterocycles. The second kappa shape index (κ2) is 48.8. The lowest BCUT2D eigenvalue weighted by Gasteiger charge is -2.40. The van der Waals surface area contributed by atoms with Gasteiger partial charge in [0.1, 0.15) is 18.8 Å². The van der Waals surface area contributed by atoms with E-state index < -0.39 is 67.3 Å². The number of allylic oxidation sites excluding steroid dienone is 14. The van der Waals surface area contributed by atoms with Gasteiger partial charge in [-0.25, -0.2) is 4.79 Å². The number of aliphatic hydroxyl groups excluding tert-OH is 2. The molecule has 73 heavy (non-hydrogen) atoms. The molecule has 0 amide bonds. The van der Waals surface area contributed by atoms with E-state index in [1.807, 2.05) is 12.2 Å². The van der Waals surface area contributed by atoms with Crippen molar-refractivity contribution in [2.24, 2.45) is 0 Å². The van der Waals surface area contributed by atoms with Gasteiger partial charge in [-0.05, 0) is 96.3 Å². The fraction of sp³-hybridized carbons (Fsp3) is 0.705. The molecule has 6 atom stereocenters. The molecule has 1 heterocycles. The average Bonchev–Trinajstić information content (AvgIpc) is 3.37. The summed E-state index contributed by atoms with van der Waals surface area (Å²) in [5.41, 5.74) is 0. The van der Waals surface area contributed by atoms with Gasteiger partial charge in [0.25, 0.3) is 0 Å². The van der Waals surface area contributed by atoms with Crippen molar-refractivity contribution in [1.29, 1.82) is 0 Å². The summed E-state index contributed by atoms with van der Waals surface area (Å²) in [6.45, 7) is 5.72. The van der Waals surface area contributed by atoms with Crippen LogP contribution in [0, 0.1) is 0 Å². The smallest absolute Gasteiger partial charge is 0.335 e. The van der Waals surface area contributed by atoms with E-state index in [4.69, 9.17) is 23.7 Å². The molecule has 1 aliphatic rings. The minimum atomic E-state index is -1.92. The maximum Gasteiger partial charge on any atom is 0.335 e. The summed E-state index contributed by atoms with van der Waals surface area (Å²) in [5, 5.41) is 31.4. The summed E-state index contributed by atoms with van der Waals surface area (Å²) in [6, 6.07) is 0. The Morgan fingerprint density at radius 3 is 1.44 bits per heavy atom. The third-order valence-electron chi connectivity index (χ3n) is 12.4. The molecule has 3 N–H and O–H groups in total. The summed E-state index contributed by atoms with van der Waals surface area (Å²) in [7, 11) is 0. The van der Waals surface area contributed by atoms with Gasteiger partial charge in [-0.3, -0.25) is 14.4 Å². The van der Waals surface area contributed by atoms with E-state index in [1.54, 1.807) is 0 Å². The van der Waals surface area contributed by atoms with Gasteiger partial charge in [-0.15, -0.1) is 0 Å². The standard InChI is InChI=1S/C61H100O12/c1-4-7-10-13-16-19-22-25-26-27-28-31-32-35-38-41-44-47-53(62)69-50-52(71-54(63)48-45-42-39-36-33-29-23-20-17-14-11-8-5-2)51-70-61-59(57(66)56(65)58(73-61)60(67)68)72-55(64)49-46-43-40-37-34-30-24-21-18-15-12-9-6-3/h8,11-12,15,17,20-21,24-26,29,33,39,42,52,56-59,61,65-66H,4-7,9-10,13-14,16,18-19,22-23,27-28,30-32,34-38,40-41,43-51H2,1-3H3,(H,67,68)/b11-8-,15-12-,20-17-,24-21-,26-25-,33-29-,42-39-. The highest BCUT2D eigenvalue weighted by Gasteiger charge is 2.50. The van der Waals surface area contributed by atoms with Gasteiger partial charge in [-0.2, -0.15) is 0 Å². The SMILES string of the molecule is CC/C=C\C/C=C\C/C=C\C/C=C\CCC(=O)OC(COC(=O)CCCCCCCCC/C=C\CCCCCCCC)COC1OC(C(=O)O)C(O)C(O)C1OC(=O)CCCCCCC/C=C\C/C=C\CCC. The molecule has 0 aromatic heterocycles. The molecule has 0 aromatic carbocycles. The van der Waals surface area contributed by atoms with Crippen LogP contribution in [0.3, 0.4) is 0 Å². The van der Waals surface area contributed by atoms with Crippen molar-refractivity contribution in [2.75, 3.05) is 13.2 Å². The first-order valence-electron chi connectivity index (χ1n) is 28.6. The topological polar surface area (TPSA) is 175 Å². The molecular weight excluding hydrogens is 925 g/mol. The van der Waals surface area contributed by atoms with Crippen LogP contribution in [0.4, 0.5) is 0 Å². The van der Waals surface area contributed by atoms with E-state index in [9.17, 15) is 34.5 Å². The first kappa shape index (κ1) is 66.9. The molecule has 12 nitrogen and oxygen atoms in total. The summed E-state index contributed by atoms with van der Waals surface area (Å²) < 4.78 is 28.3. The van der Waals surface area contributed by atoms with Crippen LogP contribution in [0.2, 0.25) is 0 Å². The summed E-state index contributed by atoms with van der Waals surface area (Å²) in [6.07, 6.45) is 50.1. The lowest BCUT2D eigenvalue weighted by Crippen LogP contribution is -2.61. The van der Waals surface area contributed by atoms with Gasteiger partial charge in [0, 0.05) is 19.3 Å². The number of hydrogen-bond acceptors (Lipinski definition) is 11. The second-order valence-electron chi connectivity index (χ2n) is 19.2. The average molecular weight is 1030 g/mol. The Morgan fingerprint density at radius 2 is 0.918 bits per heavy atom. The molecule has 416 valence electrons. The van der Waals surface area contributed by atoms with Crippen LogP contribution in [-0.4, -0.2) is 89.2 Å². The molecular formula is C61H100O12. The monoisotopic (exact) mass is 1020 g/mol. The highest BCUT2D eigenvalue weighted by molar-refractivity contribution is 5.74. The Kier molecular flexibility index (Phi) is 44.7. The van der Waals surface area contributed by atoms with Crippen LogP contribution in [0.25, 0.3) is 0 Å². The molecule has 0 aliphatic carbocycles. The van der Waals surface area contributed by atoms with Gasteiger partial charge in [0.2, 0.25) is 0 Å². The number of esters is 3. The zero-order valence-electron chi connectivity index (χ0n) is 45.6. The molecule has 0 saturated carbocycles. The number of unbranched alkanes of at least 4 members (excludes halogenated alkanes) is 19. The van der Waals surface area contributed by atoms with E-state index in [0.29, 0.717) is 25.7 Å². The van der Waals surface area contributed by atoms with Crippen LogP contribution < -0.4 is 0 Å². The number of aliphatic hydroxyl groups is 2. The van der Waals surface area contributed by atoms with Gasteiger partial charge >= 0.3 is 23.9 Å². The van der Waals surface area contributed by atoms with Crippen LogP contribution in [-0.2, 0) is 42.9 Å². The Bertz CT molecular complexity index is 1590. The van der Waals surface area contributed by atoms with Crippen LogP contribution in [0.1, 0.15) is 226 Å². The molecule has 1 rings (SSSR count). The Hall–Kier alpha value is -4.10. The van der Waals surface area contributed by atoms with Crippen molar-refractivity contribution >= 4 is 23.9 Å². The molecule has 0 spiro atoms. The molecule has 0 radical (unpaired) electrons. The van der Waals surface area contributed by atoms with Gasteiger partial charge in [-0.1, -0.05) is 196 Å². The first-order chi connectivity index (χ1) is 35.6. The minimum Gasteiger partial charge on any atom is -0.479 e. The number of hydrogen-bond donors (Lipinski definition) is 3. The maximum atomic E-state index is 13.1. The lowest BCUT2D eigenvalue weighted by molar-refractivity contribution is -0.301. The zero-order valence-corrected chi connectivity index (χ0v) is 45.6. The van der Waals surface area contributed by atoms with Crippen molar-refractivity contribution in [3.8, 4) is 0 Å². The fourth-order valence-electron chi connectivity index (χ4n) is 8.06. The highest BCUT2D eigenvalue weighted by atomic mass is 16.7. The molecule has 0 bridgehead atoms. The normalized spacial score (nSPS) is 18.9. The first-order valence-corrected chi connectivity index (χ1v) is 28.6. The van der Waals surface area contributed by atoms with E-state index >= 15 is 0 Å². The third kappa shape index (κ3) is 39.0. The van der Waals surface area contributed by atoms with E-state index in [-0.39, 0.29) is 25.9 Å². The largest absolute Gasteiger partial charge is 0.479 e. The van der Waals surface area contributed by atoms with E-state index in [2.05, 4.69) is 93.7 Å². The Labute approximate surface area is 441 Å². The second-order valence-corrected chi connectivity index (χ2v) is 19.2. The van der Waals surface area contributed by atoms with E-state index in [1.165, 1.54) is 57.8 Å². The van der Waals surface area contributed by atoms with Crippen molar-refractivity contribution in [3.63, 3.8) is 0 Å². The summed E-state index contributed by atoms with van der Waals surface area (Å²) in [5.74, 6) is -3.26. The van der Waals surface area contributed by atoms with Crippen molar-refractivity contribution < 1.29 is 58.2 Å². The fourth-order valence-corrected chi connectivity index (χ4v) is 8.06. The van der Waals surface area contributed by atoms with Gasteiger partial charge in [0.15, 0.2) is 24.6 Å². The summed E-state index contributed by atoms with van der Waals surface area (Å²) >= 11 is 0. The molecule has 1 fully saturated rings. The number of carboxylic acids is 1. The zero-order chi connectivity index (χ0) is 53.3. The van der Waals surface area contributed by atoms with Gasteiger partial charge < -0.3 is 39.0 Å². The van der Waals surface area contributed by atoms with Crippen LogP contribution >= 0.6 is 0 Å². The predicted molar refractivity (Wildman–Crippen MR) is 294 cm³/mol. The quantitative estimate of drug-likeness (QED) is 0.0228. The third-order valence-corrected chi connectivity index (χ3v) is 12.4. The molecule has 12 heteroatoms. The number of carbonyl (C=O) groups excluding carboxylic acids is 3. The maximum absolute atomic E-state index is 13.1. The number of carboxylic acid groups (broad SMARTS) is 1. The lowest BCUT2D eigenvalue weighted by atomic mass is 9.98. The minimum absolute atomic E-state index is 0.0329. The molecule has 0 aromatic rings. The van der Waals surface area contributed by atoms with Crippen LogP contribution in [0.5, 0.6) is 0 Å². The molecule has 6 unspecified atom stereocenters. The Morgan fingerprint density at radius 1 is 0.466 bits per heavy atom. The van der Waals surface area contributed by atoms with Crippen molar-refractivity contribution in [3.05, 3.63) is 85.1 Å². The number of aliphatic carboxylic acids is 1. The van der Waals surface area contributed by atoms with E-state index in [0.717, 1.165) is 103 Å². The number of rotatable bonds is 47. The molecule has 1 aliphatic heterocycles. The highest BCUT2D eigenvalue weighted by Crippen LogP contribution is 2.26. The summed E-state index contributed by atoms with van der Waals surface area (Å²) in [4.78, 5) is 51.0. The van der Waals surface area contributed by atoms with Gasteiger partial charge in [0.05, 0.1) is 6.61 Å². The Balaban J connectivity index is 2.74. The number of carbonyl (C=O) groups is 4. The predicted octanol–water partition coefficient (Wildman–Crippen LogP) is 14.3. The van der Waals surface area contributed by atoms with Crippen molar-refractivity contribution in [2.45, 2.75) is 263 Å². The van der Waals surface area contributed by atoms with Crippen molar-refractivity contribution in [1.82, 2.24) is 0 Å². The van der Waals surface area contributed by atoms with Crippen LogP contribution in [0.15, 0.2) is 85.1 Å². The number of ether oxygens (including phenoxy) is 5.